The minimum Gasteiger partial charge on any atom is -0.370 e. The second-order valence-corrected chi connectivity index (χ2v) is 20.8. The Kier molecular flexibility index (Phi) is 9.63. The van der Waals surface area contributed by atoms with Crippen LogP contribution in [0.15, 0.2) is 121 Å². The number of rotatable bonds is 4. The third-order valence-electron chi connectivity index (χ3n) is 14.1. The molecule has 8 heteroatoms. The predicted octanol–water partition coefficient (Wildman–Crippen LogP) is 14.1. The number of para-hydroxylation sites is 4. The van der Waals surface area contributed by atoms with Gasteiger partial charge in [0.1, 0.15) is 0 Å². The summed E-state index contributed by atoms with van der Waals surface area (Å²) in [6.07, 6.45) is 18.6. The third kappa shape index (κ3) is 6.81. The molecule has 0 radical (unpaired) electrons. The largest absolute Gasteiger partial charge is 0.370 e. The molecule has 7 aromatic rings. The van der Waals surface area contributed by atoms with Crippen LogP contribution in [0.2, 0.25) is 0 Å². The standard InChI is InChI=1S/C60H48N6S2/c1-63-33-41(29-37-13-5-9-17-49(37)63)57-45-21-22-46(61-45)58(42-30-38-14-6-10-18-50(38)64(2)34-42)55-27-28-56(68-55)60(44-32-40-16-8-12-20-52(40)66(4)36-44)48-24-23-47(62-48)59(54-26-25-53(57)67-54)43-31-39-15-7-11-19-51(39)65(3)35-43/h5-32H,33-36H2,1-4H3. The molecule has 6 aliphatic rings. The molecule has 0 aliphatic carbocycles. The molecule has 0 spiro atoms. The first-order chi connectivity index (χ1) is 33.3. The maximum atomic E-state index is 5.74. The van der Waals surface area contributed by atoms with Crippen LogP contribution in [0.25, 0.3) is 89.7 Å². The Morgan fingerprint density at radius 1 is 0.324 bits per heavy atom. The molecule has 0 saturated carbocycles. The molecule has 6 nitrogen and oxygen atoms in total. The lowest BCUT2D eigenvalue weighted by Gasteiger charge is -2.28. The number of hydrogen-bond acceptors (Lipinski definition) is 8. The predicted molar refractivity (Wildman–Crippen MR) is 296 cm³/mol. The van der Waals surface area contributed by atoms with Gasteiger partial charge in [-0.1, -0.05) is 72.8 Å². The molecule has 0 saturated heterocycles. The van der Waals surface area contributed by atoms with Crippen molar-refractivity contribution < 1.29 is 0 Å². The van der Waals surface area contributed by atoms with Gasteiger partial charge in [-0.15, -0.1) is 22.7 Å². The summed E-state index contributed by atoms with van der Waals surface area (Å²) in [6.45, 7) is 3.07. The molecule has 6 aliphatic heterocycles. The fraction of sp³-hybridized carbons (Fsp3) is 0.133. The van der Waals surface area contributed by atoms with E-state index in [0.717, 1.165) is 49.0 Å². The number of fused-ring (bicyclic) bond motifs is 12. The second kappa shape index (κ2) is 16.1. The summed E-state index contributed by atoms with van der Waals surface area (Å²) >= 11 is 3.70. The van der Waals surface area contributed by atoms with Crippen LogP contribution in [-0.2, 0) is 0 Å². The summed E-state index contributed by atoms with van der Waals surface area (Å²) < 4.78 is 4.77. The zero-order chi connectivity index (χ0) is 45.6. The highest BCUT2D eigenvalue weighted by molar-refractivity contribution is 7.24. The van der Waals surface area contributed by atoms with Gasteiger partial charge in [0.2, 0.25) is 0 Å². The van der Waals surface area contributed by atoms with Crippen molar-refractivity contribution in [3.05, 3.63) is 189 Å². The van der Waals surface area contributed by atoms with Gasteiger partial charge in [-0.3, -0.25) is 0 Å². The van der Waals surface area contributed by atoms with Crippen LogP contribution < -0.4 is 19.6 Å². The highest BCUT2D eigenvalue weighted by Gasteiger charge is 2.27. The van der Waals surface area contributed by atoms with Gasteiger partial charge in [0.15, 0.2) is 0 Å². The lowest BCUT2D eigenvalue weighted by molar-refractivity contribution is 1.03. The van der Waals surface area contributed by atoms with Gasteiger partial charge in [0.25, 0.3) is 0 Å². The van der Waals surface area contributed by atoms with E-state index >= 15 is 0 Å². The fourth-order valence-corrected chi connectivity index (χ4v) is 13.4. The van der Waals surface area contributed by atoms with E-state index < -0.39 is 0 Å². The van der Waals surface area contributed by atoms with Gasteiger partial charge < -0.3 is 19.6 Å². The van der Waals surface area contributed by atoms with Crippen LogP contribution in [0.4, 0.5) is 22.7 Å². The molecule has 68 heavy (non-hydrogen) atoms. The summed E-state index contributed by atoms with van der Waals surface area (Å²) in [5, 5.41) is 0. The average Bonchev–Trinajstić information content (AvgIpc) is 4.21. The van der Waals surface area contributed by atoms with Crippen molar-refractivity contribution in [2.75, 3.05) is 74.0 Å². The number of anilines is 4. The van der Waals surface area contributed by atoms with Crippen molar-refractivity contribution in [3.63, 3.8) is 0 Å². The van der Waals surface area contributed by atoms with Crippen molar-refractivity contribution in [2.45, 2.75) is 0 Å². The molecule has 3 aromatic heterocycles. The minimum absolute atomic E-state index is 0.768. The first-order valence-corrected chi connectivity index (χ1v) is 25.0. The van der Waals surface area contributed by atoms with E-state index in [1.165, 1.54) is 108 Å². The van der Waals surface area contributed by atoms with E-state index in [2.05, 4.69) is 218 Å². The molecular formula is C60H48N6S2. The maximum absolute atomic E-state index is 5.74. The SMILES string of the molecule is CN1CC(c2c3nc(c(C4=Cc5ccccc5N(C)C4)c4ccc(s4)c(C4=Cc5ccccc5N(C)C4)c4nc(c(C5=Cc6ccccc6N(C)C5)c5ccc2s5)C=C4)C=C3)=Cc2ccccc21. The zero-order valence-corrected chi connectivity index (χ0v) is 40.1. The number of nitrogens with zero attached hydrogens (tertiary/aromatic N) is 6. The first-order valence-electron chi connectivity index (χ1n) is 23.3. The van der Waals surface area contributed by atoms with E-state index in [1.54, 1.807) is 0 Å². The fourth-order valence-electron chi connectivity index (χ4n) is 11.0. The molecule has 13 rings (SSSR count). The molecule has 0 N–H and O–H groups in total. The molecule has 9 heterocycles. The first kappa shape index (κ1) is 40.7. The molecule has 330 valence electrons. The van der Waals surface area contributed by atoms with Gasteiger partial charge in [-0.25, -0.2) is 9.97 Å². The quantitative estimate of drug-likeness (QED) is 0.175. The Morgan fingerprint density at radius 3 is 0.809 bits per heavy atom. The van der Waals surface area contributed by atoms with Crippen LogP contribution >= 0.6 is 22.7 Å². The smallest absolute Gasteiger partial charge is 0.0727 e. The van der Waals surface area contributed by atoms with E-state index in [4.69, 9.17) is 9.97 Å². The highest BCUT2D eigenvalue weighted by atomic mass is 32.1. The van der Waals surface area contributed by atoms with Crippen LogP contribution in [0.1, 0.15) is 67.3 Å². The van der Waals surface area contributed by atoms with Crippen molar-refractivity contribution in [1.29, 1.82) is 0 Å². The van der Waals surface area contributed by atoms with Crippen LogP contribution in [0, 0.1) is 0 Å². The zero-order valence-electron chi connectivity index (χ0n) is 38.5. The minimum atomic E-state index is 0.768. The van der Waals surface area contributed by atoms with Crippen molar-refractivity contribution in [3.8, 4) is 0 Å². The maximum Gasteiger partial charge on any atom is 0.0727 e. The third-order valence-corrected chi connectivity index (χ3v) is 16.4. The summed E-state index contributed by atoms with van der Waals surface area (Å²) in [4.78, 5) is 21.0. The Hall–Kier alpha value is -7.52. The Bertz CT molecular complexity index is 3200. The van der Waals surface area contributed by atoms with E-state index in [0.29, 0.717) is 0 Å². The monoisotopic (exact) mass is 916 g/mol. The topological polar surface area (TPSA) is 38.7 Å². The Labute approximate surface area is 405 Å². The Morgan fingerprint density at radius 2 is 0.559 bits per heavy atom. The van der Waals surface area contributed by atoms with Crippen LogP contribution in [0.5, 0.6) is 0 Å². The van der Waals surface area contributed by atoms with Crippen molar-refractivity contribution >= 4 is 135 Å². The van der Waals surface area contributed by atoms with Gasteiger partial charge >= 0.3 is 0 Å². The number of thiophene rings is 2. The van der Waals surface area contributed by atoms with E-state index in [9.17, 15) is 0 Å². The lowest BCUT2D eigenvalue weighted by Crippen LogP contribution is -2.23. The molecule has 0 amide bonds. The number of hydrogen-bond donors (Lipinski definition) is 0. The summed E-state index contributed by atoms with van der Waals surface area (Å²) in [7, 11) is 8.82. The Balaban J connectivity index is 1.16. The molecule has 4 aromatic carbocycles. The van der Waals surface area contributed by atoms with E-state index in [-0.39, 0.29) is 0 Å². The number of aromatic nitrogens is 2. The normalized spacial score (nSPS) is 15.8. The van der Waals surface area contributed by atoms with Crippen LogP contribution in [-0.4, -0.2) is 64.3 Å². The average molecular weight is 917 g/mol. The van der Waals surface area contributed by atoms with Gasteiger partial charge in [0, 0.05) is 118 Å². The molecule has 8 bridgehead atoms. The van der Waals surface area contributed by atoms with Crippen LogP contribution in [0.3, 0.4) is 0 Å². The molecular weight excluding hydrogens is 869 g/mol. The summed E-state index contributed by atoms with van der Waals surface area (Å²) in [6, 6.07) is 44.2. The number of benzene rings is 4. The van der Waals surface area contributed by atoms with Gasteiger partial charge in [-0.2, -0.15) is 0 Å². The number of likely N-dealkylation sites (N-methyl/N-ethyl adjacent to an activating group) is 4. The van der Waals surface area contributed by atoms with E-state index in [1.807, 2.05) is 22.7 Å². The van der Waals surface area contributed by atoms with Crippen molar-refractivity contribution in [2.24, 2.45) is 0 Å². The lowest BCUT2D eigenvalue weighted by atomic mass is 9.96. The molecule has 0 unspecified atom stereocenters. The summed E-state index contributed by atoms with van der Waals surface area (Å²) in [5.41, 5.74) is 23.5. The second-order valence-electron chi connectivity index (χ2n) is 18.6. The van der Waals surface area contributed by atoms with Crippen molar-refractivity contribution in [1.82, 2.24) is 9.97 Å². The van der Waals surface area contributed by atoms with Gasteiger partial charge in [-0.05, 0) is 142 Å². The van der Waals surface area contributed by atoms with Gasteiger partial charge in [0.05, 0.1) is 22.8 Å². The molecule has 0 atom stereocenters. The highest BCUT2D eigenvalue weighted by Crippen LogP contribution is 2.45. The molecule has 0 fully saturated rings. The summed E-state index contributed by atoms with van der Waals surface area (Å²) in [5.74, 6) is 0.